The minimum atomic E-state index is -1.04. The van der Waals surface area contributed by atoms with E-state index in [4.69, 9.17) is 16.3 Å². The molecule has 0 aliphatic rings. The molecule has 0 fully saturated rings. The average Bonchev–Trinajstić information content (AvgIpc) is 2.09. The normalized spacial score (nSPS) is 11.5. The summed E-state index contributed by atoms with van der Waals surface area (Å²) in [5.74, 6) is 0.605. The quantitative estimate of drug-likeness (QED) is 0.603. The Hall–Kier alpha value is -0.613. The maximum absolute atomic E-state index is 5.69. The minimum Gasteiger partial charge on any atom is -0.478 e. The second-order valence-electron chi connectivity index (χ2n) is 4.79. The molecule has 1 heterocycles. The van der Waals surface area contributed by atoms with Gasteiger partial charge >= 0.3 is 0 Å². The Bertz CT molecular complexity index is 339. The highest BCUT2D eigenvalue weighted by atomic mass is 35.5. The number of halogens is 1. The maximum atomic E-state index is 5.69. The number of hydrogen-bond acceptors (Lipinski definition) is 3. The first-order valence-corrected chi connectivity index (χ1v) is 9.09. The fourth-order valence-corrected chi connectivity index (χ4v) is 1.85. The fraction of sp³-hybridized carbons (Fsp3) is 0.600. The third-order valence-electron chi connectivity index (χ3n) is 1.99. The van der Waals surface area contributed by atoms with Crippen molar-refractivity contribution in [2.24, 2.45) is 0 Å². The summed E-state index contributed by atoms with van der Waals surface area (Å²) in [4.78, 5) is 7.92. The lowest BCUT2D eigenvalue weighted by Crippen LogP contribution is -2.22. The predicted octanol–water partition coefficient (Wildman–Crippen LogP) is 3.16. The largest absolute Gasteiger partial charge is 0.478 e. The number of hydrogen-bond donors (Lipinski definition) is 0. The van der Waals surface area contributed by atoms with Crippen LogP contribution in [0.2, 0.25) is 31.0 Å². The van der Waals surface area contributed by atoms with E-state index in [2.05, 4.69) is 29.6 Å². The molecule has 0 spiro atoms. The second-order valence-corrected chi connectivity index (χ2v) is 10.7. The summed E-state index contributed by atoms with van der Waals surface area (Å²) in [5.41, 5.74) is 0.926. The van der Waals surface area contributed by atoms with Gasteiger partial charge in [-0.15, -0.1) is 0 Å². The van der Waals surface area contributed by atoms with Crippen LogP contribution in [0.5, 0.6) is 5.88 Å². The van der Waals surface area contributed by atoms with Gasteiger partial charge in [0.2, 0.25) is 11.2 Å². The van der Waals surface area contributed by atoms with Gasteiger partial charge in [0.15, 0.2) is 0 Å². The van der Waals surface area contributed by atoms with Gasteiger partial charge in [-0.3, -0.25) is 0 Å². The molecule has 5 heteroatoms. The Morgan fingerprint density at radius 1 is 1.40 bits per heavy atom. The van der Waals surface area contributed by atoms with Crippen LogP contribution in [0.4, 0.5) is 0 Å². The highest BCUT2D eigenvalue weighted by Crippen LogP contribution is 2.16. The summed E-state index contributed by atoms with van der Waals surface area (Å²) in [7, 11) is -1.04. The zero-order valence-corrected chi connectivity index (χ0v) is 11.4. The van der Waals surface area contributed by atoms with Crippen molar-refractivity contribution in [3.05, 3.63) is 17.0 Å². The topological polar surface area (TPSA) is 35.0 Å². The van der Waals surface area contributed by atoms with Gasteiger partial charge in [-0.2, -0.15) is 4.98 Å². The molecule has 0 unspecified atom stereocenters. The zero-order valence-electron chi connectivity index (χ0n) is 9.67. The molecule has 0 saturated carbocycles. The monoisotopic (exact) mass is 244 g/mol. The predicted molar refractivity (Wildman–Crippen MR) is 65.4 cm³/mol. The minimum absolute atomic E-state index is 0.239. The fourth-order valence-electron chi connectivity index (χ4n) is 1.01. The van der Waals surface area contributed by atoms with E-state index in [1.165, 1.54) is 0 Å². The van der Waals surface area contributed by atoms with Crippen LogP contribution in [0.1, 0.15) is 5.56 Å². The van der Waals surface area contributed by atoms with E-state index < -0.39 is 8.07 Å². The Morgan fingerprint density at radius 2 is 2.07 bits per heavy atom. The van der Waals surface area contributed by atoms with Gasteiger partial charge in [0.05, 0.1) is 6.61 Å². The summed E-state index contributed by atoms with van der Waals surface area (Å²) in [6.07, 6.45) is 1.68. The highest BCUT2D eigenvalue weighted by molar-refractivity contribution is 6.76. The van der Waals surface area contributed by atoms with Crippen molar-refractivity contribution < 1.29 is 4.74 Å². The first-order valence-electron chi connectivity index (χ1n) is 5.00. The molecule has 1 aromatic heterocycles. The molecule has 0 aromatic carbocycles. The van der Waals surface area contributed by atoms with Crippen LogP contribution in [0.3, 0.4) is 0 Å². The summed E-state index contributed by atoms with van der Waals surface area (Å²) in [5, 5.41) is 0.239. The van der Waals surface area contributed by atoms with Crippen LogP contribution in [0.15, 0.2) is 6.20 Å². The van der Waals surface area contributed by atoms with E-state index in [9.17, 15) is 0 Å². The standard InChI is InChI=1S/C10H17ClN2OSi/c1-8-7-12-10(11)13-9(8)14-5-6-15(2,3)4/h7H,5-6H2,1-4H3. The van der Waals surface area contributed by atoms with Gasteiger partial charge in [0, 0.05) is 19.8 Å². The lowest BCUT2D eigenvalue weighted by atomic mass is 10.4. The Kier molecular flexibility index (Phi) is 4.10. The molecular formula is C10H17ClN2OSi. The molecule has 0 amide bonds. The highest BCUT2D eigenvalue weighted by Gasteiger charge is 2.13. The third kappa shape index (κ3) is 4.62. The lowest BCUT2D eigenvalue weighted by Gasteiger charge is -2.16. The molecule has 1 aromatic rings. The SMILES string of the molecule is Cc1cnc(Cl)nc1OCC[Si](C)(C)C. The van der Waals surface area contributed by atoms with Crippen molar-refractivity contribution in [3.8, 4) is 5.88 Å². The van der Waals surface area contributed by atoms with Gasteiger partial charge < -0.3 is 4.74 Å². The molecule has 15 heavy (non-hydrogen) atoms. The van der Waals surface area contributed by atoms with Crippen molar-refractivity contribution in [3.63, 3.8) is 0 Å². The summed E-state index contributed by atoms with van der Waals surface area (Å²) >= 11 is 5.69. The van der Waals surface area contributed by atoms with Crippen molar-refractivity contribution in [2.45, 2.75) is 32.6 Å². The van der Waals surface area contributed by atoms with Gasteiger partial charge in [0.1, 0.15) is 0 Å². The van der Waals surface area contributed by atoms with Gasteiger partial charge in [-0.25, -0.2) is 4.98 Å². The van der Waals surface area contributed by atoms with Gasteiger partial charge in [-0.05, 0) is 24.6 Å². The van der Waals surface area contributed by atoms with Crippen molar-refractivity contribution in [1.29, 1.82) is 0 Å². The molecule has 0 bridgehead atoms. The van der Waals surface area contributed by atoms with Crippen LogP contribution >= 0.6 is 11.6 Å². The maximum Gasteiger partial charge on any atom is 0.225 e. The molecule has 0 radical (unpaired) electrons. The van der Waals surface area contributed by atoms with Crippen LogP contribution in [-0.2, 0) is 0 Å². The zero-order chi connectivity index (χ0) is 11.5. The van der Waals surface area contributed by atoms with E-state index in [0.29, 0.717) is 12.5 Å². The number of aryl methyl sites for hydroxylation is 1. The molecule has 0 aliphatic carbocycles. The molecule has 3 nitrogen and oxygen atoms in total. The molecule has 0 N–H and O–H groups in total. The third-order valence-corrected chi connectivity index (χ3v) is 3.87. The molecule has 0 saturated heterocycles. The molecule has 1 rings (SSSR count). The smallest absolute Gasteiger partial charge is 0.225 e. The van der Waals surface area contributed by atoms with Crippen LogP contribution in [-0.4, -0.2) is 24.6 Å². The Balaban J connectivity index is 2.54. The summed E-state index contributed by atoms with van der Waals surface area (Å²) in [6, 6.07) is 1.12. The first kappa shape index (κ1) is 12.5. The molecule has 0 aliphatic heterocycles. The number of aromatic nitrogens is 2. The molecule has 0 atom stereocenters. The summed E-state index contributed by atoms with van der Waals surface area (Å²) < 4.78 is 5.59. The van der Waals surface area contributed by atoms with Crippen molar-refractivity contribution in [2.75, 3.05) is 6.61 Å². The van der Waals surface area contributed by atoms with Crippen LogP contribution in [0.25, 0.3) is 0 Å². The van der Waals surface area contributed by atoms with Crippen LogP contribution in [0, 0.1) is 6.92 Å². The Morgan fingerprint density at radius 3 is 2.67 bits per heavy atom. The molecule has 84 valence electrons. The first-order chi connectivity index (χ1) is 6.88. The van der Waals surface area contributed by atoms with E-state index in [0.717, 1.165) is 11.6 Å². The lowest BCUT2D eigenvalue weighted by molar-refractivity contribution is 0.322. The van der Waals surface area contributed by atoms with Gasteiger partial charge in [-0.1, -0.05) is 19.6 Å². The number of ether oxygens (including phenoxy) is 1. The molecular weight excluding hydrogens is 228 g/mol. The van der Waals surface area contributed by atoms with E-state index in [1.54, 1.807) is 6.20 Å². The van der Waals surface area contributed by atoms with E-state index in [1.807, 2.05) is 6.92 Å². The average molecular weight is 245 g/mol. The van der Waals surface area contributed by atoms with E-state index in [-0.39, 0.29) is 5.28 Å². The number of nitrogens with zero attached hydrogens (tertiary/aromatic N) is 2. The van der Waals surface area contributed by atoms with Crippen molar-refractivity contribution in [1.82, 2.24) is 9.97 Å². The van der Waals surface area contributed by atoms with Gasteiger partial charge in [0.25, 0.3) is 0 Å². The number of rotatable bonds is 4. The van der Waals surface area contributed by atoms with E-state index >= 15 is 0 Å². The second kappa shape index (κ2) is 4.94. The van der Waals surface area contributed by atoms with Crippen molar-refractivity contribution >= 4 is 19.7 Å². The van der Waals surface area contributed by atoms with Crippen LogP contribution < -0.4 is 4.74 Å². The Labute approximate surface area is 96.9 Å². The summed E-state index contributed by atoms with van der Waals surface area (Å²) in [6.45, 7) is 9.58.